The third kappa shape index (κ3) is 10.0. The molecule has 0 radical (unpaired) electrons. The minimum Gasteiger partial charge on any atom is -0.311 e. The number of fused-ring (bicyclic) bond motifs is 11. The fraction of sp³-hybridized carbons (Fsp3) is 0.419. The highest BCUT2D eigenvalue weighted by atomic mass is 15.2. The summed E-state index contributed by atoms with van der Waals surface area (Å²) in [7, 11) is 0. The molecule has 0 fully saturated rings. The van der Waals surface area contributed by atoms with E-state index in [1.165, 1.54) is 146 Å². The van der Waals surface area contributed by atoms with Crippen molar-refractivity contribution in [2.75, 3.05) is 14.7 Å². The molecule has 0 N–H and O–H groups in total. The van der Waals surface area contributed by atoms with Crippen LogP contribution in [0.1, 0.15) is 258 Å². The van der Waals surface area contributed by atoms with Crippen molar-refractivity contribution in [3.8, 4) is 22.3 Å². The number of rotatable bonds is 6. The molecule has 0 spiro atoms. The molecule has 4 aliphatic carbocycles. The lowest BCUT2D eigenvalue weighted by Crippen LogP contribution is -2.62. The fourth-order valence-electron chi connectivity index (χ4n) is 19.1. The number of anilines is 9. The van der Waals surface area contributed by atoms with E-state index >= 15 is 0 Å². The van der Waals surface area contributed by atoms with Crippen molar-refractivity contribution in [2.24, 2.45) is 0 Å². The van der Waals surface area contributed by atoms with Crippen LogP contribution in [-0.4, -0.2) is 6.71 Å². The second-order valence-corrected chi connectivity index (χ2v) is 38.4. The van der Waals surface area contributed by atoms with Gasteiger partial charge in [-0.1, -0.05) is 250 Å². The maximum Gasteiger partial charge on any atom is 0.252 e. The monoisotopic (exact) mass is 1280 g/mol. The Bertz CT molecular complexity index is 4690. The van der Waals surface area contributed by atoms with Gasteiger partial charge in [0.05, 0.1) is 11.4 Å². The van der Waals surface area contributed by atoms with E-state index in [9.17, 15) is 0 Å². The van der Waals surface area contributed by atoms with E-state index in [-0.39, 0.29) is 60.9 Å². The zero-order chi connectivity index (χ0) is 69.4. The minimum atomic E-state index is -0.289. The molecule has 0 unspecified atom stereocenters. The number of benzene rings is 9. The van der Waals surface area contributed by atoms with Gasteiger partial charge in [-0.15, -0.1) is 0 Å². The van der Waals surface area contributed by atoms with Gasteiger partial charge < -0.3 is 14.7 Å². The van der Waals surface area contributed by atoms with Crippen molar-refractivity contribution >= 4 is 74.3 Å². The Morgan fingerprint density at radius 3 is 1.35 bits per heavy atom. The second-order valence-electron chi connectivity index (χ2n) is 38.4. The molecule has 0 saturated heterocycles. The standard InChI is InChI=1S/C93H108BN3/c1-56-46-68-72(90(17,18)45-42-87(68,11)12)53-77(56)96-78-54-73-71(91(19,20)55-92(73,21)22)52-75(78)94-74-40-39-66-81(65-50-69-70(51-67(65)93(66,23)24)89(15,16)44-43-88(69,13)14)83(74)97(76-41-34-60(86(8,9)10)47-64(76)57-28-26-25-27-29-57)80-49-63(48-79(96)82(80)94)95(61-35-30-58(31-36-61)84(2,3)4)62-37-32-59(33-38-62)85(5,6)7/h25-41,46-54H,42-45,55H2,1-24H3. The van der Waals surface area contributed by atoms with Gasteiger partial charge >= 0.3 is 0 Å². The van der Waals surface area contributed by atoms with Crippen LogP contribution < -0.4 is 31.1 Å². The maximum absolute atomic E-state index is 2.83. The minimum absolute atomic E-state index is 0.00706. The van der Waals surface area contributed by atoms with Gasteiger partial charge in [0.1, 0.15) is 0 Å². The van der Waals surface area contributed by atoms with Crippen LogP contribution in [0.4, 0.5) is 51.2 Å². The second kappa shape index (κ2) is 21.0. The summed E-state index contributed by atoms with van der Waals surface area (Å²) in [5, 5.41) is 0. The Morgan fingerprint density at radius 2 is 0.814 bits per heavy atom. The summed E-state index contributed by atoms with van der Waals surface area (Å²) in [5.41, 5.74) is 36.9. The summed E-state index contributed by atoms with van der Waals surface area (Å²) >= 11 is 0. The predicted octanol–water partition coefficient (Wildman–Crippen LogP) is 24.1. The summed E-state index contributed by atoms with van der Waals surface area (Å²) in [5.74, 6) is 0. The highest BCUT2D eigenvalue weighted by Crippen LogP contribution is 2.62. The van der Waals surface area contributed by atoms with Crippen LogP contribution in [0.15, 0.2) is 158 Å². The van der Waals surface area contributed by atoms with Gasteiger partial charge in [-0.2, -0.15) is 0 Å². The molecular formula is C93H108BN3. The topological polar surface area (TPSA) is 9.72 Å². The summed E-state index contributed by atoms with van der Waals surface area (Å²) in [6.07, 6.45) is 5.71. The molecule has 6 aliphatic rings. The molecular weight excluding hydrogens is 1170 g/mol. The average molecular weight is 1280 g/mol. The Hall–Kier alpha value is -7.56. The fourth-order valence-corrected chi connectivity index (χ4v) is 19.1. The van der Waals surface area contributed by atoms with Crippen molar-refractivity contribution in [3.63, 3.8) is 0 Å². The van der Waals surface area contributed by atoms with Crippen molar-refractivity contribution in [1.29, 1.82) is 0 Å². The summed E-state index contributed by atoms with van der Waals surface area (Å²) in [4.78, 5) is 8.23. The van der Waals surface area contributed by atoms with E-state index in [1.807, 2.05) is 0 Å². The molecule has 0 bridgehead atoms. The van der Waals surface area contributed by atoms with E-state index in [2.05, 4.69) is 339 Å². The lowest BCUT2D eigenvalue weighted by atomic mass is 9.33. The van der Waals surface area contributed by atoms with Crippen molar-refractivity contribution in [2.45, 2.75) is 252 Å². The number of aryl methyl sites for hydroxylation is 1. The first kappa shape index (κ1) is 65.4. The zero-order valence-electron chi connectivity index (χ0n) is 63.5. The number of hydrogen-bond donors (Lipinski definition) is 0. The smallest absolute Gasteiger partial charge is 0.252 e. The van der Waals surface area contributed by atoms with Crippen molar-refractivity contribution in [1.82, 2.24) is 0 Å². The van der Waals surface area contributed by atoms with Gasteiger partial charge in [-0.05, 0) is 249 Å². The highest BCUT2D eigenvalue weighted by Gasteiger charge is 2.52. The van der Waals surface area contributed by atoms with Crippen molar-refractivity contribution < 1.29 is 0 Å². The number of nitrogens with zero attached hydrogens (tertiary/aromatic N) is 3. The molecule has 498 valence electrons. The van der Waals surface area contributed by atoms with Gasteiger partial charge in [0.25, 0.3) is 6.71 Å². The molecule has 0 atom stereocenters. The quantitative estimate of drug-likeness (QED) is 0.154. The SMILES string of the molecule is Cc1cc2c(cc1N1c3cc4c(cc3B3c5ccc6c(c5N(c5ccc(C(C)(C)C)cc5-c5ccccc5)c5cc(N(c7ccc(C(C)(C)C)cc7)c7ccc(C(C)(C)C)cc7)cc1c53)-c1cc3c(cc1C6(C)C)C(C)(C)CCC3(C)C)C(C)(C)CC4(C)C)C(C)(C)CCC2(C)C. The van der Waals surface area contributed by atoms with Gasteiger partial charge in [0.2, 0.25) is 0 Å². The molecule has 3 nitrogen and oxygen atoms in total. The van der Waals surface area contributed by atoms with Gasteiger partial charge in [0, 0.05) is 56.4 Å². The van der Waals surface area contributed by atoms with Crippen LogP contribution in [0.5, 0.6) is 0 Å². The third-order valence-electron chi connectivity index (χ3n) is 25.1. The molecule has 0 aromatic heterocycles. The van der Waals surface area contributed by atoms with Crippen LogP contribution in [0, 0.1) is 6.92 Å². The zero-order valence-corrected chi connectivity index (χ0v) is 63.5. The molecule has 4 heteroatoms. The first-order chi connectivity index (χ1) is 45.1. The molecule has 9 aromatic carbocycles. The van der Waals surface area contributed by atoms with Crippen LogP contribution in [0.2, 0.25) is 0 Å². The molecule has 9 aromatic rings. The predicted molar refractivity (Wildman–Crippen MR) is 420 cm³/mol. The summed E-state index contributed by atoms with van der Waals surface area (Å²) in [6.45, 7) is 58.6. The maximum atomic E-state index is 2.83. The molecule has 0 amide bonds. The first-order valence-electron chi connectivity index (χ1n) is 36.8. The average Bonchev–Trinajstić information content (AvgIpc) is 1.67. The summed E-state index contributed by atoms with van der Waals surface area (Å²) in [6, 6.07) is 64.6. The summed E-state index contributed by atoms with van der Waals surface area (Å²) < 4.78 is 0. The molecule has 15 rings (SSSR count). The highest BCUT2D eigenvalue weighted by molar-refractivity contribution is 7.00. The van der Waals surface area contributed by atoms with Gasteiger partial charge in [-0.3, -0.25) is 0 Å². The largest absolute Gasteiger partial charge is 0.311 e. The van der Waals surface area contributed by atoms with Gasteiger partial charge in [0.15, 0.2) is 0 Å². The van der Waals surface area contributed by atoms with Crippen LogP contribution in [0.3, 0.4) is 0 Å². The van der Waals surface area contributed by atoms with Crippen LogP contribution in [0.25, 0.3) is 22.3 Å². The molecule has 97 heavy (non-hydrogen) atoms. The van der Waals surface area contributed by atoms with E-state index in [0.717, 1.165) is 42.7 Å². The number of hydrogen-bond acceptors (Lipinski definition) is 3. The Labute approximate surface area is 584 Å². The van der Waals surface area contributed by atoms with Crippen LogP contribution >= 0.6 is 0 Å². The lowest BCUT2D eigenvalue weighted by molar-refractivity contribution is 0.331. The van der Waals surface area contributed by atoms with E-state index in [4.69, 9.17) is 0 Å². The van der Waals surface area contributed by atoms with E-state index in [1.54, 1.807) is 0 Å². The van der Waals surface area contributed by atoms with E-state index < -0.39 is 0 Å². The first-order valence-corrected chi connectivity index (χ1v) is 36.8. The molecule has 0 saturated carbocycles. The van der Waals surface area contributed by atoms with Crippen LogP contribution in [-0.2, 0) is 54.1 Å². The Balaban J connectivity index is 1.16. The third-order valence-corrected chi connectivity index (χ3v) is 25.1. The Morgan fingerprint density at radius 1 is 0.351 bits per heavy atom. The van der Waals surface area contributed by atoms with Crippen molar-refractivity contribution in [3.05, 3.63) is 224 Å². The Kier molecular flexibility index (Phi) is 14.2. The van der Waals surface area contributed by atoms with E-state index in [0.29, 0.717) is 0 Å². The van der Waals surface area contributed by atoms with Gasteiger partial charge in [-0.25, -0.2) is 0 Å². The normalized spacial score (nSPS) is 19.0. The molecule has 2 heterocycles. The lowest BCUT2D eigenvalue weighted by Gasteiger charge is -2.47. The molecule has 2 aliphatic heterocycles.